The minimum absolute atomic E-state index is 0.0303. The van der Waals surface area contributed by atoms with E-state index in [-0.39, 0.29) is 5.91 Å². The largest absolute Gasteiger partial charge is 0.328 e. The van der Waals surface area contributed by atoms with Crippen molar-refractivity contribution in [1.29, 1.82) is 0 Å². The van der Waals surface area contributed by atoms with Crippen molar-refractivity contribution in [2.75, 3.05) is 0 Å². The van der Waals surface area contributed by atoms with Crippen molar-refractivity contribution in [2.24, 2.45) is 0 Å². The van der Waals surface area contributed by atoms with Gasteiger partial charge in [-0.25, -0.2) is 4.98 Å². The Hall–Kier alpha value is -1.94. The molecule has 0 atom stereocenters. The fraction of sp³-hybridized carbons (Fsp3) is 0.154. The van der Waals surface area contributed by atoms with E-state index in [0.717, 1.165) is 11.3 Å². The monoisotopic (exact) mass is 259 g/mol. The van der Waals surface area contributed by atoms with E-state index in [4.69, 9.17) is 11.6 Å². The van der Waals surface area contributed by atoms with Crippen molar-refractivity contribution < 1.29 is 4.79 Å². The quantitative estimate of drug-likeness (QED) is 0.738. The number of pyridine rings is 2. The van der Waals surface area contributed by atoms with Gasteiger partial charge >= 0.3 is 0 Å². The van der Waals surface area contributed by atoms with Gasteiger partial charge in [-0.15, -0.1) is 0 Å². The molecule has 0 unspecified atom stereocenters. The lowest BCUT2D eigenvalue weighted by Gasteiger charge is -2.14. The predicted octanol–water partition coefficient (Wildman–Crippen LogP) is 2.29. The van der Waals surface area contributed by atoms with Crippen LogP contribution in [0.2, 0.25) is 5.15 Å². The van der Waals surface area contributed by atoms with Crippen molar-refractivity contribution >= 4 is 17.5 Å². The molecule has 1 amide bonds. The number of hydrogen-bond donors (Lipinski definition) is 0. The van der Waals surface area contributed by atoms with E-state index in [1.807, 2.05) is 6.07 Å². The Balaban J connectivity index is 1.84. The summed E-state index contributed by atoms with van der Waals surface area (Å²) in [5.41, 5.74) is 2.52. The van der Waals surface area contributed by atoms with Gasteiger partial charge in [0.05, 0.1) is 17.8 Å². The van der Waals surface area contributed by atoms with Crippen molar-refractivity contribution in [3.05, 3.63) is 58.6 Å². The third-order valence-corrected chi connectivity index (χ3v) is 3.14. The van der Waals surface area contributed by atoms with E-state index >= 15 is 0 Å². The fourth-order valence-electron chi connectivity index (χ4n) is 2.04. The number of amides is 1. The highest BCUT2D eigenvalue weighted by Gasteiger charge is 2.25. The second-order valence-corrected chi connectivity index (χ2v) is 4.53. The van der Waals surface area contributed by atoms with Crippen LogP contribution in [0.5, 0.6) is 0 Å². The molecular formula is C13H10ClN3O. The van der Waals surface area contributed by atoms with E-state index in [2.05, 4.69) is 9.97 Å². The third-order valence-electron chi connectivity index (χ3n) is 2.93. The Morgan fingerprint density at radius 3 is 2.94 bits per heavy atom. The fourth-order valence-corrected chi connectivity index (χ4v) is 2.21. The van der Waals surface area contributed by atoms with Gasteiger partial charge in [-0.3, -0.25) is 9.78 Å². The van der Waals surface area contributed by atoms with Crippen LogP contribution in [0.1, 0.15) is 21.6 Å². The van der Waals surface area contributed by atoms with Gasteiger partial charge in [0.1, 0.15) is 5.15 Å². The summed E-state index contributed by atoms with van der Waals surface area (Å²) < 4.78 is 0. The van der Waals surface area contributed by atoms with Gasteiger partial charge in [-0.05, 0) is 23.8 Å². The highest BCUT2D eigenvalue weighted by molar-refractivity contribution is 6.29. The van der Waals surface area contributed by atoms with Crippen LogP contribution in [0.3, 0.4) is 0 Å². The summed E-state index contributed by atoms with van der Waals surface area (Å²) in [6.45, 7) is 1.08. The smallest absolute Gasteiger partial charge is 0.256 e. The van der Waals surface area contributed by atoms with Crippen molar-refractivity contribution in [2.45, 2.75) is 13.1 Å². The summed E-state index contributed by atoms with van der Waals surface area (Å²) in [5.74, 6) is -0.0303. The van der Waals surface area contributed by atoms with Gasteiger partial charge in [-0.1, -0.05) is 17.7 Å². The Bertz CT molecular complexity index is 600. The normalized spacial score (nSPS) is 13.5. The molecule has 0 radical (unpaired) electrons. The molecule has 0 spiro atoms. The molecule has 2 aromatic rings. The lowest BCUT2D eigenvalue weighted by molar-refractivity contribution is 0.0750. The van der Waals surface area contributed by atoms with Crippen LogP contribution in [-0.4, -0.2) is 20.8 Å². The predicted molar refractivity (Wildman–Crippen MR) is 67.1 cm³/mol. The standard InChI is InChI=1S/C13H10ClN3O/c14-12-4-3-10-7-17(8-11(10)16-12)13(18)9-2-1-5-15-6-9/h1-6H,7-8H2. The van der Waals surface area contributed by atoms with Crippen molar-refractivity contribution in [1.82, 2.24) is 14.9 Å². The first kappa shape index (κ1) is 11.2. The van der Waals surface area contributed by atoms with Crippen LogP contribution in [0.4, 0.5) is 0 Å². The van der Waals surface area contributed by atoms with Crippen LogP contribution < -0.4 is 0 Å². The van der Waals surface area contributed by atoms with Crippen molar-refractivity contribution in [3.63, 3.8) is 0 Å². The van der Waals surface area contributed by atoms with Gasteiger partial charge in [0.25, 0.3) is 5.91 Å². The molecule has 3 rings (SSSR count). The second kappa shape index (κ2) is 4.38. The number of fused-ring (bicyclic) bond motifs is 1. The van der Waals surface area contributed by atoms with Gasteiger partial charge < -0.3 is 4.90 Å². The lowest BCUT2D eigenvalue weighted by Crippen LogP contribution is -2.25. The Labute approximate surface area is 109 Å². The van der Waals surface area contributed by atoms with Crippen LogP contribution >= 0.6 is 11.6 Å². The van der Waals surface area contributed by atoms with E-state index in [0.29, 0.717) is 23.8 Å². The number of aromatic nitrogens is 2. The Kier molecular flexibility index (Phi) is 2.72. The number of halogens is 1. The molecule has 90 valence electrons. The molecule has 0 saturated heterocycles. The molecule has 4 nitrogen and oxygen atoms in total. The molecule has 0 aromatic carbocycles. The lowest BCUT2D eigenvalue weighted by atomic mass is 10.2. The van der Waals surface area contributed by atoms with Crippen LogP contribution in [-0.2, 0) is 13.1 Å². The summed E-state index contributed by atoms with van der Waals surface area (Å²) in [7, 11) is 0. The molecule has 0 saturated carbocycles. The Morgan fingerprint density at radius 1 is 1.28 bits per heavy atom. The van der Waals surface area contributed by atoms with Gasteiger partial charge in [0.2, 0.25) is 0 Å². The average Bonchev–Trinajstić information content (AvgIpc) is 2.81. The maximum Gasteiger partial charge on any atom is 0.256 e. The zero-order valence-corrected chi connectivity index (χ0v) is 10.3. The molecule has 1 aliphatic rings. The van der Waals surface area contributed by atoms with E-state index < -0.39 is 0 Å². The highest BCUT2D eigenvalue weighted by atomic mass is 35.5. The molecule has 2 aromatic heterocycles. The third kappa shape index (κ3) is 1.95. The molecule has 1 aliphatic heterocycles. The maximum atomic E-state index is 12.2. The average molecular weight is 260 g/mol. The summed E-state index contributed by atoms with van der Waals surface area (Å²) in [6, 6.07) is 7.18. The summed E-state index contributed by atoms with van der Waals surface area (Å²) in [6.07, 6.45) is 3.22. The van der Waals surface area contributed by atoms with Crippen LogP contribution in [0, 0.1) is 0 Å². The second-order valence-electron chi connectivity index (χ2n) is 4.14. The number of hydrogen-bond acceptors (Lipinski definition) is 3. The van der Waals surface area contributed by atoms with Crippen molar-refractivity contribution in [3.8, 4) is 0 Å². The molecule has 0 aliphatic carbocycles. The first-order chi connectivity index (χ1) is 8.74. The number of nitrogens with zero attached hydrogens (tertiary/aromatic N) is 3. The van der Waals surface area contributed by atoms with Gasteiger partial charge in [0, 0.05) is 18.9 Å². The summed E-state index contributed by atoms with van der Waals surface area (Å²) in [5, 5.41) is 0.462. The first-order valence-electron chi connectivity index (χ1n) is 5.57. The molecule has 0 fully saturated rings. The number of carbonyl (C=O) groups is 1. The van der Waals surface area contributed by atoms with Crippen LogP contribution in [0.15, 0.2) is 36.7 Å². The first-order valence-corrected chi connectivity index (χ1v) is 5.95. The molecular weight excluding hydrogens is 250 g/mol. The molecule has 0 N–H and O–H groups in total. The van der Waals surface area contributed by atoms with Gasteiger partial charge in [0.15, 0.2) is 0 Å². The zero-order valence-electron chi connectivity index (χ0n) is 9.51. The molecule has 5 heteroatoms. The summed E-state index contributed by atoms with van der Waals surface area (Å²) >= 11 is 5.84. The maximum absolute atomic E-state index is 12.2. The number of rotatable bonds is 1. The minimum Gasteiger partial charge on any atom is -0.328 e. The summed E-state index contributed by atoms with van der Waals surface area (Å²) in [4.78, 5) is 22.2. The molecule has 18 heavy (non-hydrogen) atoms. The minimum atomic E-state index is -0.0303. The number of carbonyl (C=O) groups excluding carboxylic acids is 1. The zero-order chi connectivity index (χ0) is 12.5. The van der Waals surface area contributed by atoms with Crippen LogP contribution in [0.25, 0.3) is 0 Å². The van der Waals surface area contributed by atoms with E-state index in [1.165, 1.54) is 0 Å². The topological polar surface area (TPSA) is 46.1 Å². The molecule has 0 bridgehead atoms. The highest BCUT2D eigenvalue weighted by Crippen LogP contribution is 2.24. The van der Waals surface area contributed by atoms with Gasteiger partial charge in [-0.2, -0.15) is 0 Å². The Morgan fingerprint density at radius 2 is 2.17 bits per heavy atom. The SMILES string of the molecule is O=C(c1cccnc1)N1Cc2ccc(Cl)nc2C1. The molecule has 3 heterocycles. The van der Waals surface area contributed by atoms with E-state index in [9.17, 15) is 4.79 Å². The van der Waals surface area contributed by atoms with E-state index in [1.54, 1.807) is 35.5 Å².